The highest BCUT2D eigenvalue weighted by atomic mass is 16.3. The molecule has 3 heteroatoms. The number of hydrogen-bond acceptors (Lipinski definition) is 2. The Labute approximate surface area is 85.4 Å². The predicted molar refractivity (Wildman–Crippen MR) is 55.9 cm³/mol. The minimum Gasteiger partial charge on any atom is -0.376 e. The highest BCUT2D eigenvalue weighted by molar-refractivity contribution is 5.87. The molecule has 1 amide bonds. The first kappa shape index (κ1) is 11.2. The standard InChI is InChI=1S/C11H19NO2/c1-9(2)11(3,14)10(13)12-7-5-4-6-8-12/h14H,1,4-8H2,2-3H3. The average molecular weight is 197 g/mol. The van der Waals surface area contributed by atoms with Crippen LogP contribution >= 0.6 is 0 Å². The lowest BCUT2D eigenvalue weighted by Gasteiger charge is -2.33. The first-order valence-corrected chi connectivity index (χ1v) is 5.14. The van der Waals surface area contributed by atoms with Crippen LogP contribution in [-0.2, 0) is 4.79 Å². The van der Waals surface area contributed by atoms with Crippen LogP contribution in [0.2, 0.25) is 0 Å². The molecule has 0 aromatic rings. The lowest BCUT2D eigenvalue weighted by molar-refractivity contribution is -0.146. The maximum Gasteiger partial charge on any atom is 0.258 e. The molecule has 0 saturated carbocycles. The van der Waals surface area contributed by atoms with Crippen LogP contribution in [0.15, 0.2) is 12.2 Å². The summed E-state index contributed by atoms with van der Waals surface area (Å²) in [6.45, 7) is 8.38. The summed E-state index contributed by atoms with van der Waals surface area (Å²) in [5.74, 6) is -0.204. The van der Waals surface area contributed by atoms with Gasteiger partial charge >= 0.3 is 0 Å². The number of hydrogen-bond donors (Lipinski definition) is 1. The van der Waals surface area contributed by atoms with Crippen molar-refractivity contribution in [1.29, 1.82) is 0 Å². The third-order valence-corrected chi connectivity index (χ3v) is 2.89. The van der Waals surface area contributed by atoms with E-state index in [1.807, 2.05) is 0 Å². The van der Waals surface area contributed by atoms with E-state index in [1.54, 1.807) is 11.8 Å². The molecule has 1 unspecified atom stereocenters. The molecule has 0 radical (unpaired) electrons. The Kier molecular flexibility index (Phi) is 3.32. The van der Waals surface area contributed by atoms with Crippen LogP contribution in [0.1, 0.15) is 33.1 Å². The molecule has 0 aliphatic carbocycles. The van der Waals surface area contributed by atoms with Crippen LogP contribution in [0.3, 0.4) is 0 Å². The zero-order chi connectivity index (χ0) is 10.8. The Bertz CT molecular complexity index is 240. The highest BCUT2D eigenvalue weighted by Crippen LogP contribution is 2.20. The Morgan fingerprint density at radius 1 is 1.36 bits per heavy atom. The van der Waals surface area contributed by atoms with Crippen molar-refractivity contribution >= 4 is 5.91 Å². The first-order valence-electron chi connectivity index (χ1n) is 5.14. The zero-order valence-electron chi connectivity index (χ0n) is 9.05. The van der Waals surface area contributed by atoms with Crippen LogP contribution in [0, 0.1) is 0 Å². The van der Waals surface area contributed by atoms with Crippen LogP contribution in [0.5, 0.6) is 0 Å². The van der Waals surface area contributed by atoms with Gasteiger partial charge in [-0.3, -0.25) is 4.79 Å². The van der Waals surface area contributed by atoms with Crippen molar-refractivity contribution in [2.75, 3.05) is 13.1 Å². The molecular weight excluding hydrogens is 178 g/mol. The molecule has 1 N–H and O–H groups in total. The molecule has 0 aromatic heterocycles. The van der Waals surface area contributed by atoms with Gasteiger partial charge in [-0.1, -0.05) is 6.58 Å². The molecule has 1 rings (SSSR count). The van der Waals surface area contributed by atoms with Crippen LogP contribution in [-0.4, -0.2) is 34.6 Å². The maximum absolute atomic E-state index is 11.9. The number of aliphatic hydroxyl groups is 1. The van der Waals surface area contributed by atoms with Crippen LogP contribution < -0.4 is 0 Å². The Morgan fingerprint density at radius 3 is 2.29 bits per heavy atom. The molecular formula is C11H19NO2. The largest absolute Gasteiger partial charge is 0.376 e. The van der Waals surface area contributed by atoms with Gasteiger partial charge in [-0.25, -0.2) is 0 Å². The second-order valence-corrected chi connectivity index (χ2v) is 4.21. The van der Waals surface area contributed by atoms with Crippen LogP contribution in [0.25, 0.3) is 0 Å². The lowest BCUT2D eigenvalue weighted by Crippen LogP contribution is -2.49. The van der Waals surface area contributed by atoms with E-state index in [0.29, 0.717) is 5.57 Å². The van der Waals surface area contributed by atoms with Crippen molar-refractivity contribution in [3.8, 4) is 0 Å². The second kappa shape index (κ2) is 4.13. The summed E-state index contributed by atoms with van der Waals surface area (Å²) in [6.07, 6.45) is 3.26. The highest BCUT2D eigenvalue weighted by Gasteiger charge is 2.35. The molecule has 0 aromatic carbocycles. The number of piperidine rings is 1. The van der Waals surface area contributed by atoms with Gasteiger partial charge in [0.25, 0.3) is 5.91 Å². The number of carbonyl (C=O) groups excluding carboxylic acids is 1. The molecule has 1 heterocycles. The van der Waals surface area contributed by atoms with E-state index in [9.17, 15) is 9.90 Å². The fourth-order valence-electron chi connectivity index (χ4n) is 1.59. The first-order chi connectivity index (χ1) is 6.46. The third-order valence-electron chi connectivity index (χ3n) is 2.89. The number of likely N-dealkylation sites (tertiary alicyclic amines) is 1. The summed E-state index contributed by atoms with van der Waals surface area (Å²) < 4.78 is 0. The monoisotopic (exact) mass is 197 g/mol. The van der Waals surface area contributed by atoms with Gasteiger partial charge in [0.1, 0.15) is 0 Å². The second-order valence-electron chi connectivity index (χ2n) is 4.21. The summed E-state index contributed by atoms with van der Waals surface area (Å²) in [4.78, 5) is 13.6. The number of nitrogens with zero attached hydrogens (tertiary/aromatic N) is 1. The Morgan fingerprint density at radius 2 is 1.86 bits per heavy atom. The van der Waals surface area contributed by atoms with E-state index < -0.39 is 5.60 Å². The molecule has 3 nitrogen and oxygen atoms in total. The number of carbonyl (C=O) groups is 1. The summed E-state index contributed by atoms with van der Waals surface area (Å²) in [5.41, 5.74) is -0.884. The van der Waals surface area contributed by atoms with Gasteiger partial charge in [0.05, 0.1) is 0 Å². The quantitative estimate of drug-likeness (QED) is 0.678. The van der Waals surface area contributed by atoms with Crippen molar-refractivity contribution in [3.05, 3.63) is 12.2 Å². The molecule has 1 aliphatic rings. The minimum absolute atomic E-state index is 0.204. The zero-order valence-corrected chi connectivity index (χ0v) is 9.05. The van der Waals surface area contributed by atoms with E-state index in [4.69, 9.17) is 0 Å². The van der Waals surface area contributed by atoms with Gasteiger partial charge in [-0.2, -0.15) is 0 Å². The molecule has 1 fully saturated rings. The van der Waals surface area contributed by atoms with Crippen molar-refractivity contribution in [2.45, 2.75) is 38.7 Å². The molecule has 1 saturated heterocycles. The lowest BCUT2D eigenvalue weighted by atomic mass is 9.96. The van der Waals surface area contributed by atoms with Crippen molar-refractivity contribution < 1.29 is 9.90 Å². The van der Waals surface area contributed by atoms with Gasteiger partial charge < -0.3 is 10.0 Å². The molecule has 1 aliphatic heterocycles. The van der Waals surface area contributed by atoms with E-state index in [-0.39, 0.29) is 5.91 Å². The normalized spacial score (nSPS) is 21.5. The number of amides is 1. The van der Waals surface area contributed by atoms with Crippen molar-refractivity contribution in [3.63, 3.8) is 0 Å². The van der Waals surface area contributed by atoms with Crippen LogP contribution in [0.4, 0.5) is 0 Å². The van der Waals surface area contributed by atoms with Gasteiger partial charge in [0.15, 0.2) is 5.60 Å². The molecule has 0 spiro atoms. The Hall–Kier alpha value is -0.830. The van der Waals surface area contributed by atoms with Crippen molar-refractivity contribution in [1.82, 2.24) is 4.90 Å². The summed E-state index contributed by atoms with van der Waals surface area (Å²) >= 11 is 0. The SMILES string of the molecule is C=C(C)C(C)(O)C(=O)N1CCCCC1. The number of rotatable bonds is 2. The summed E-state index contributed by atoms with van der Waals surface area (Å²) in [5, 5.41) is 9.92. The predicted octanol–water partition coefficient (Wildman–Crippen LogP) is 1.33. The molecule has 0 bridgehead atoms. The van der Waals surface area contributed by atoms with E-state index >= 15 is 0 Å². The topological polar surface area (TPSA) is 40.5 Å². The molecule has 1 atom stereocenters. The average Bonchev–Trinajstić information content (AvgIpc) is 2.17. The van der Waals surface area contributed by atoms with Gasteiger partial charge in [0, 0.05) is 13.1 Å². The Balaban J connectivity index is 2.67. The van der Waals surface area contributed by atoms with E-state index in [2.05, 4.69) is 6.58 Å². The van der Waals surface area contributed by atoms with Gasteiger partial charge in [-0.15, -0.1) is 0 Å². The van der Waals surface area contributed by atoms with Crippen molar-refractivity contribution in [2.24, 2.45) is 0 Å². The minimum atomic E-state index is -1.39. The third kappa shape index (κ3) is 2.15. The molecule has 14 heavy (non-hydrogen) atoms. The smallest absolute Gasteiger partial charge is 0.258 e. The fraction of sp³-hybridized carbons (Fsp3) is 0.727. The maximum atomic E-state index is 11.9. The van der Waals surface area contributed by atoms with E-state index in [1.165, 1.54) is 13.3 Å². The van der Waals surface area contributed by atoms with Gasteiger partial charge in [0.2, 0.25) is 0 Å². The summed E-state index contributed by atoms with van der Waals surface area (Å²) in [7, 11) is 0. The molecule has 80 valence electrons. The summed E-state index contributed by atoms with van der Waals surface area (Å²) in [6, 6.07) is 0. The fourth-order valence-corrected chi connectivity index (χ4v) is 1.59. The van der Waals surface area contributed by atoms with Gasteiger partial charge in [-0.05, 0) is 38.7 Å². The van der Waals surface area contributed by atoms with E-state index in [0.717, 1.165) is 25.9 Å².